The molecule has 0 fully saturated rings. The van der Waals surface area contributed by atoms with Crippen LogP contribution >= 0.6 is 11.3 Å². The van der Waals surface area contributed by atoms with Crippen LogP contribution in [0.5, 0.6) is 0 Å². The summed E-state index contributed by atoms with van der Waals surface area (Å²) in [5.74, 6) is 0.320. The van der Waals surface area contributed by atoms with Crippen LogP contribution in [0.4, 0.5) is 11.4 Å². The zero-order valence-electron chi connectivity index (χ0n) is 30.3. The third-order valence-corrected chi connectivity index (χ3v) is 13.4. The lowest BCUT2D eigenvalue weighted by molar-refractivity contribution is 0.739. The summed E-state index contributed by atoms with van der Waals surface area (Å²) < 4.78 is 2.74. The first-order valence-electron chi connectivity index (χ1n) is 19.3. The molecule has 11 rings (SSSR count). The predicted octanol–water partition coefficient (Wildman–Crippen LogP) is 14.2. The van der Waals surface area contributed by atoms with Gasteiger partial charge in [-0.1, -0.05) is 133 Å². The minimum atomic E-state index is 0.320. The van der Waals surface area contributed by atoms with Crippen LogP contribution in [-0.4, -0.2) is 0 Å². The van der Waals surface area contributed by atoms with Gasteiger partial charge in [0.15, 0.2) is 0 Å². The van der Waals surface area contributed by atoms with Gasteiger partial charge in [-0.05, 0) is 130 Å². The topological polar surface area (TPSA) is 3.24 Å². The maximum Gasteiger partial charge on any atom is 0.0505 e. The second-order valence-corrected chi connectivity index (χ2v) is 16.0. The second-order valence-electron chi connectivity index (χ2n) is 15.0. The van der Waals surface area contributed by atoms with Gasteiger partial charge in [-0.25, -0.2) is 0 Å². The average Bonchev–Trinajstić information content (AvgIpc) is 3.86. The molecular weight excluding hydrogens is 671 g/mol. The molecule has 7 aromatic carbocycles. The number of hydrogen-bond acceptors (Lipinski definition) is 2. The van der Waals surface area contributed by atoms with Gasteiger partial charge in [0.05, 0.1) is 5.69 Å². The zero-order valence-corrected chi connectivity index (χ0v) is 31.2. The summed E-state index contributed by atoms with van der Waals surface area (Å²) in [6.45, 7) is 2.19. The summed E-state index contributed by atoms with van der Waals surface area (Å²) in [6.07, 6.45) is 11.1. The van der Waals surface area contributed by atoms with Gasteiger partial charge in [0.1, 0.15) is 0 Å². The van der Waals surface area contributed by atoms with E-state index in [2.05, 4.69) is 176 Å². The van der Waals surface area contributed by atoms with Crippen molar-refractivity contribution in [2.75, 3.05) is 4.90 Å². The first-order chi connectivity index (χ1) is 26.7. The SMILES string of the molecule is C/C=C(\C=C/Cc1cccc2c1sc1ccccc12)N(c1ccc2c(c1)-c1ccccc1C2)c1cccc2c1C1CCc3ccccc3-c3cccc-2c31. The molecule has 8 aromatic rings. The maximum absolute atomic E-state index is 2.56. The Balaban J connectivity index is 1.06. The van der Waals surface area contributed by atoms with Gasteiger partial charge in [-0.2, -0.15) is 0 Å². The monoisotopic (exact) mass is 709 g/mol. The van der Waals surface area contributed by atoms with Gasteiger partial charge in [0.25, 0.3) is 0 Å². The summed E-state index contributed by atoms with van der Waals surface area (Å²) in [7, 11) is 0. The number of thiophene rings is 1. The number of fused-ring (bicyclic) bond motifs is 11. The van der Waals surface area contributed by atoms with E-state index in [-0.39, 0.29) is 0 Å². The number of rotatable bonds is 6. The molecule has 1 heterocycles. The van der Waals surface area contributed by atoms with Crippen LogP contribution in [0.2, 0.25) is 0 Å². The largest absolute Gasteiger partial charge is 0.311 e. The molecule has 54 heavy (non-hydrogen) atoms. The number of nitrogens with zero attached hydrogens (tertiary/aromatic N) is 1. The van der Waals surface area contributed by atoms with E-state index >= 15 is 0 Å². The molecule has 1 atom stereocenters. The molecule has 0 saturated heterocycles. The Morgan fingerprint density at radius 2 is 1.30 bits per heavy atom. The number of aryl methyl sites for hydroxylation is 1. The standard InChI is InChI=1S/C52H39NS/c1-2-37(17-9-15-34-16-10-24-45-41-20-7-8-26-49(41)54-52(34)45)53(38-29-27-36-31-35-14-4-6-19-40(35)47(36)32-38)48-25-12-23-44-43-22-11-21-42-39-18-5-3-13-33(39)28-30-46(50(42)43)51(44)48/h2-14,16-27,29,32,46H,15,28,30-31H2,1H3/b17-9-,37-2+. The van der Waals surface area contributed by atoms with Crippen molar-refractivity contribution in [1.82, 2.24) is 0 Å². The van der Waals surface area contributed by atoms with E-state index in [4.69, 9.17) is 0 Å². The quantitative estimate of drug-likeness (QED) is 0.155. The lowest BCUT2D eigenvalue weighted by atomic mass is 9.89. The maximum atomic E-state index is 2.56. The fourth-order valence-corrected chi connectivity index (χ4v) is 11.0. The third kappa shape index (κ3) is 4.83. The molecule has 1 nitrogen and oxygen atoms in total. The molecule has 0 radical (unpaired) electrons. The highest BCUT2D eigenvalue weighted by atomic mass is 32.1. The Hall–Kier alpha value is -5.96. The first-order valence-corrected chi connectivity index (χ1v) is 20.1. The van der Waals surface area contributed by atoms with Gasteiger partial charge in [-0.3, -0.25) is 0 Å². The van der Waals surface area contributed by atoms with Crippen LogP contribution in [0.1, 0.15) is 52.6 Å². The smallest absolute Gasteiger partial charge is 0.0505 e. The molecule has 0 bridgehead atoms. The van der Waals surface area contributed by atoms with Gasteiger partial charge < -0.3 is 4.90 Å². The summed E-state index contributed by atoms with van der Waals surface area (Å²) >= 11 is 1.91. The Labute approximate surface area is 321 Å². The van der Waals surface area contributed by atoms with E-state index in [0.29, 0.717) is 5.92 Å². The second kappa shape index (κ2) is 12.6. The summed E-state index contributed by atoms with van der Waals surface area (Å²) in [5.41, 5.74) is 20.6. The Morgan fingerprint density at radius 3 is 2.17 bits per heavy atom. The van der Waals surface area contributed by atoms with Crippen molar-refractivity contribution in [3.8, 4) is 33.4 Å². The fraction of sp³-hybridized carbons (Fsp3) is 0.115. The van der Waals surface area contributed by atoms with Crippen molar-refractivity contribution in [2.24, 2.45) is 0 Å². The molecule has 0 aliphatic heterocycles. The van der Waals surface area contributed by atoms with Crippen LogP contribution in [0, 0.1) is 0 Å². The summed E-state index contributed by atoms with van der Waals surface area (Å²) in [5, 5.41) is 2.71. The number of hydrogen-bond donors (Lipinski definition) is 0. The molecule has 2 heteroatoms. The van der Waals surface area contributed by atoms with E-state index < -0.39 is 0 Å². The fourth-order valence-electron chi connectivity index (χ4n) is 9.74. The van der Waals surface area contributed by atoms with Crippen LogP contribution in [0.15, 0.2) is 170 Å². The van der Waals surface area contributed by atoms with Crippen molar-refractivity contribution in [1.29, 1.82) is 0 Å². The number of benzene rings is 7. The van der Waals surface area contributed by atoms with Crippen molar-refractivity contribution in [3.63, 3.8) is 0 Å². The average molecular weight is 710 g/mol. The van der Waals surface area contributed by atoms with E-state index in [1.807, 2.05) is 11.3 Å². The molecular formula is C52H39NS. The molecule has 3 aliphatic rings. The molecule has 0 N–H and O–H groups in total. The van der Waals surface area contributed by atoms with Crippen molar-refractivity contribution >= 4 is 42.9 Å². The van der Waals surface area contributed by atoms with Gasteiger partial charge in [-0.15, -0.1) is 11.3 Å². The van der Waals surface area contributed by atoms with E-state index in [0.717, 1.165) is 25.7 Å². The predicted molar refractivity (Wildman–Crippen MR) is 230 cm³/mol. The van der Waals surface area contributed by atoms with Gasteiger partial charge in [0.2, 0.25) is 0 Å². The van der Waals surface area contributed by atoms with Crippen molar-refractivity contribution in [2.45, 2.75) is 38.5 Å². The van der Waals surface area contributed by atoms with Crippen molar-refractivity contribution in [3.05, 3.63) is 203 Å². The molecule has 3 aliphatic carbocycles. The molecule has 1 unspecified atom stereocenters. The highest BCUT2D eigenvalue weighted by molar-refractivity contribution is 7.26. The first kappa shape index (κ1) is 31.6. The minimum Gasteiger partial charge on any atom is -0.311 e. The van der Waals surface area contributed by atoms with Gasteiger partial charge in [0, 0.05) is 37.5 Å². The summed E-state index contributed by atoms with van der Waals surface area (Å²) in [4.78, 5) is 2.56. The number of anilines is 2. The van der Waals surface area contributed by atoms with E-state index in [9.17, 15) is 0 Å². The van der Waals surface area contributed by atoms with E-state index in [1.165, 1.54) is 104 Å². The van der Waals surface area contributed by atoms with E-state index in [1.54, 1.807) is 0 Å². The molecule has 0 amide bonds. The Kier molecular flexibility index (Phi) is 7.35. The van der Waals surface area contributed by atoms with Gasteiger partial charge >= 0.3 is 0 Å². The summed E-state index contributed by atoms with van der Waals surface area (Å²) in [6, 6.07) is 54.8. The van der Waals surface area contributed by atoms with Crippen LogP contribution in [0.3, 0.4) is 0 Å². The van der Waals surface area contributed by atoms with Crippen LogP contribution in [-0.2, 0) is 19.3 Å². The van der Waals surface area contributed by atoms with Crippen LogP contribution < -0.4 is 4.90 Å². The van der Waals surface area contributed by atoms with Crippen LogP contribution in [0.25, 0.3) is 53.6 Å². The highest BCUT2D eigenvalue weighted by Gasteiger charge is 2.37. The molecule has 0 saturated carbocycles. The molecule has 0 spiro atoms. The van der Waals surface area contributed by atoms with Crippen molar-refractivity contribution < 1.29 is 0 Å². The molecule has 1 aromatic heterocycles. The normalized spacial score (nSPS) is 15.2. The minimum absolute atomic E-state index is 0.320. The third-order valence-electron chi connectivity index (χ3n) is 12.1. The Bertz CT molecular complexity index is 2870. The Morgan fingerprint density at radius 1 is 0.630 bits per heavy atom. The number of allylic oxidation sites excluding steroid dienone is 3. The zero-order chi connectivity index (χ0) is 35.8. The lowest BCUT2D eigenvalue weighted by Gasteiger charge is -2.30. The lowest BCUT2D eigenvalue weighted by Crippen LogP contribution is -2.18. The molecule has 258 valence electrons. The highest BCUT2D eigenvalue weighted by Crippen LogP contribution is 2.56.